The maximum absolute atomic E-state index is 13.6. The zero-order valence-corrected chi connectivity index (χ0v) is 24.1. The van der Waals surface area contributed by atoms with E-state index in [1.54, 1.807) is 0 Å². The van der Waals surface area contributed by atoms with Gasteiger partial charge >= 0.3 is 12.1 Å². The molecule has 0 aromatic carbocycles. The number of hydrogen-bond acceptors (Lipinski definition) is 5. The van der Waals surface area contributed by atoms with Gasteiger partial charge in [0.15, 0.2) is 0 Å². The molecule has 3 saturated heterocycles. The third-order valence-corrected chi connectivity index (χ3v) is 10.9. The number of nitrogens with zero attached hydrogens (tertiary/aromatic N) is 3. The van der Waals surface area contributed by atoms with E-state index in [4.69, 9.17) is 4.74 Å². The summed E-state index contributed by atoms with van der Waals surface area (Å²) in [5.41, 5.74) is -0.721. The van der Waals surface area contributed by atoms with Crippen LogP contribution in [0.5, 0.6) is 0 Å². The molecular weight excluding hydrogens is 496 g/mol. The average molecular weight is 545 g/mol. The number of piperidine rings is 2. The fraction of sp³-hybridized carbons (Fsp3) is 0.900. The summed E-state index contributed by atoms with van der Waals surface area (Å²) >= 11 is 0. The molecule has 4 bridgehead atoms. The first kappa shape index (κ1) is 27.2. The molecule has 3 aliphatic heterocycles. The van der Waals surface area contributed by atoms with Crippen molar-refractivity contribution in [2.75, 3.05) is 39.3 Å². The van der Waals surface area contributed by atoms with Gasteiger partial charge in [-0.15, -0.1) is 0 Å². The maximum atomic E-state index is 13.6. The smallest absolute Gasteiger partial charge is 0.410 e. The molecule has 2 N–H and O–H groups in total. The molecule has 4 amide bonds. The molecular formula is C30H48N4O5. The second kappa shape index (κ2) is 9.81. The summed E-state index contributed by atoms with van der Waals surface area (Å²) in [7, 11) is 0. The Labute approximate surface area is 233 Å². The van der Waals surface area contributed by atoms with Crippen LogP contribution in [0.4, 0.5) is 9.59 Å². The Balaban J connectivity index is 0.999. The predicted octanol–water partition coefficient (Wildman–Crippen LogP) is 3.60. The monoisotopic (exact) mass is 544 g/mol. The van der Waals surface area contributed by atoms with E-state index in [0.717, 1.165) is 77.3 Å². The Morgan fingerprint density at radius 2 is 1.54 bits per heavy atom. The van der Waals surface area contributed by atoms with E-state index in [9.17, 15) is 19.5 Å². The largest absolute Gasteiger partial charge is 0.444 e. The van der Waals surface area contributed by atoms with Crippen LogP contribution < -0.4 is 5.32 Å². The number of ether oxygens (including phenoxy) is 1. The third kappa shape index (κ3) is 5.24. The van der Waals surface area contributed by atoms with Gasteiger partial charge in [-0.2, -0.15) is 0 Å². The van der Waals surface area contributed by atoms with Gasteiger partial charge in [-0.1, -0.05) is 0 Å². The molecule has 7 fully saturated rings. The molecule has 7 aliphatic rings. The molecule has 218 valence electrons. The van der Waals surface area contributed by atoms with Crippen LogP contribution in [0, 0.1) is 28.6 Å². The molecule has 4 unspecified atom stereocenters. The van der Waals surface area contributed by atoms with Gasteiger partial charge in [-0.05, 0) is 108 Å². The van der Waals surface area contributed by atoms with Crippen molar-refractivity contribution in [2.45, 2.75) is 103 Å². The number of rotatable bonds is 2. The van der Waals surface area contributed by atoms with Crippen LogP contribution in [-0.2, 0) is 9.53 Å². The first-order valence-electron chi connectivity index (χ1n) is 15.5. The number of amides is 4. The Kier molecular flexibility index (Phi) is 6.83. The van der Waals surface area contributed by atoms with Crippen molar-refractivity contribution in [1.29, 1.82) is 0 Å². The number of carbonyl (C=O) groups excluding carboxylic acids is 3. The Bertz CT molecular complexity index is 970. The first-order chi connectivity index (χ1) is 18.4. The standard InChI is InChI=1S/C30H48N4O5/c1-28(2,3)39-27(38)34-12-8-29(19-34)6-10-32(11-7-29)26(37)33-9-4-5-23(18-33)31-25(36)30-15-20-13-21(16-30)24(35)22(14-20)17-30/h20-24,35H,4-19H2,1-3H3,(H,31,36)/t20?,21-,22?,23+,24?,30?/m1/s1. The van der Waals surface area contributed by atoms with E-state index in [1.165, 1.54) is 0 Å². The van der Waals surface area contributed by atoms with Crippen molar-refractivity contribution < 1.29 is 24.2 Å². The van der Waals surface area contributed by atoms with Crippen LogP contribution in [0.15, 0.2) is 0 Å². The SMILES string of the molecule is CC(C)(C)OC(=O)N1CCC2(CCN(C(=O)N3CCC[C@H](NC(=O)C45CC6CC(C4)C(O)[C@H](C6)C5)C3)CC2)C1. The lowest BCUT2D eigenvalue weighted by Crippen LogP contribution is -2.61. The Hall–Kier alpha value is -2.03. The van der Waals surface area contributed by atoms with Crippen LogP contribution in [0.25, 0.3) is 0 Å². The van der Waals surface area contributed by atoms with E-state index in [1.807, 2.05) is 35.5 Å². The van der Waals surface area contributed by atoms with Gasteiger partial charge in [0.05, 0.1) is 11.5 Å². The van der Waals surface area contributed by atoms with Gasteiger partial charge in [-0.25, -0.2) is 9.59 Å². The van der Waals surface area contributed by atoms with Crippen LogP contribution >= 0.6 is 0 Å². The number of aliphatic hydroxyl groups is 1. The van der Waals surface area contributed by atoms with Gasteiger partial charge in [0.25, 0.3) is 0 Å². The zero-order chi connectivity index (χ0) is 27.6. The molecule has 4 aliphatic carbocycles. The van der Waals surface area contributed by atoms with Gasteiger partial charge < -0.3 is 29.9 Å². The number of aliphatic hydroxyl groups excluding tert-OH is 1. The Morgan fingerprint density at radius 1 is 0.897 bits per heavy atom. The van der Waals surface area contributed by atoms with Crippen molar-refractivity contribution in [3.63, 3.8) is 0 Å². The number of nitrogens with one attached hydrogen (secondary N) is 1. The highest BCUT2D eigenvalue weighted by Crippen LogP contribution is 2.60. The van der Waals surface area contributed by atoms with Crippen molar-refractivity contribution in [3.05, 3.63) is 0 Å². The third-order valence-electron chi connectivity index (χ3n) is 10.9. The molecule has 6 atom stereocenters. The van der Waals surface area contributed by atoms with Crippen LogP contribution in [-0.4, -0.2) is 94.9 Å². The Morgan fingerprint density at radius 3 is 2.18 bits per heavy atom. The lowest BCUT2D eigenvalue weighted by molar-refractivity contribution is -0.164. The highest BCUT2D eigenvalue weighted by atomic mass is 16.6. The van der Waals surface area contributed by atoms with Crippen LogP contribution in [0.1, 0.15) is 85.0 Å². The van der Waals surface area contributed by atoms with Gasteiger partial charge in [0.2, 0.25) is 5.91 Å². The summed E-state index contributed by atoms with van der Waals surface area (Å²) in [6, 6.07) is 0.0881. The zero-order valence-electron chi connectivity index (χ0n) is 24.1. The highest BCUT2D eigenvalue weighted by molar-refractivity contribution is 5.83. The van der Waals surface area contributed by atoms with Crippen LogP contribution in [0.3, 0.4) is 0 Å². The lowest BCUT2D eigenvalue weighted by Gasteiger charge is -2.58. The topological polar surface area (TPSA) is 102 Å². The number of carbonyl (C=O) groups is 3. The normalized spacial score (nSPS) is 37.3. The second-order valence-electron chi connectivity index (χ2n) is 14.9. The number of likely N-dealkylation sites (tertiary alicyclic amines) is 3. The summed E-state index contributed by atoms with van der Waals surface area (Å²) in [4.78, 5) is 45.4. The van der Waals surface area contributed by atoms with Gasteiger partial charge in [-0.3, -0.25) is 4.79 Å². The van der Waals surface area contributed by atoms with Crippen molar-refractivity contribution in [2.24, 2.45) is 28.6 Å². The summed E-state index contributed by atoms with van der Waals surface area (Å²) in [5, 5.41) is 14.0. The van der Waals surface area contributed by atoms with Crippen molar-refractivity contribution in [3.8, 4) is 0 Å². The molecule has 4 saturated carbocycles. The molecule has 3 heterocycles. The summed E-state index contributed by atoms with van der Waals surface area (Å²) in [6.07, 6.45) is 8.90. The maximum Gasteiger partial charge on any atom is 0.410 e. The molecule has 7 rings (SSSR count). The fourth-order valence-corrected chi connectivity index (χ4v) is 9.08. The molecule has 9 nitrogen and oxygen atoms in total. The molecule has 39 heavy (non-hydrogen) atoms. The summed E-state index contributed by atoms with van der Waals surface area (Å²) in [5.74, 6) is 1.32. The molecule has 1 spiro atoms. The second-order valence-corrected chi connectivity index (χ2v) is 14.9. The van der Waals surface area contributed by atoms with E-state index in [2.05, 4.69) is 5.32 Å². The van der Waals surface area contributed by atoms with E-state index in [0.29, 0.717) is 32.1 Å². The van der Waals surface area contributed by atoms with E-state index >= 15 is 0 Å². The van der Waals surface area contributed by atoms with Gasteiger partial charge in [0.1, 0.15) is 5.60 Å². The van der Waals surface area contributed by atoms with Crippen LogP contribution in [0.2, 0.25) is 0 Å². The number of hydrogen-bond donors (Lipinski definition) is 2. The van der Waals surface area contributed by atoms with E-state index in [-0.39, 0.29) is 52.8 Å². The predicted molar refractivity (Wildman–Crippen MR) is 146 cm³/mol. The van der Waals surface area contributed by atoms with Crippen molar-refractivity contribution >= 4 is 18.0 Å². The van der Waals surface area contributed by atoms with E-state index < -0.39 is 5.60 Å². The fourth-order valence-electron chi connectivity index (χ4n) is 9.08. The minimum Gasteiger partial charge on any atom is -0.444 e. The molecule has 9 heteroatoms. The molecule has 0 aromatic heterocycles. The quantitative estimate of drug-likeness (QED) is 0.553. The minimum absolute atomic E-state index is 0.00137. The minimum atomic E-state index is -0.494. The summed E-state index contributed by atoms with van der Waals surface area (Å²) < 4.78 is 5.58. The molecule has 0 aromatic rings. The van der Waals surface area contributed by atoms with Gasteiger partial charge in [0, 0.05) is 45.3 Å². The summed E-state index contributed by atoms with van der Waals surface area (Å²) in [6.45, 7) is 9.86. The lowest BCUT2D eigenvalue weighted by atomic mass is 9.48. The van der Waals surface area contributed by atoms with Crippen molar-refractivity contribution in [1.82, 2.24) is 20.0 Å². The molecule has 0 radical (unpaired) electrons. The number of urea groups is 1. The highest BCUT2D eigenvalue weighted by Gasteiger charge is 2.58. The first-order valence-corrected chi connectivity index (χ1v) is 15.5. The average Bonchev–Trinajstić information content (AvgIpc) is 3.29.